The maximum atomic E-state index is 13.7. The van der Waals surface area contributed by atoms with Gasteiger partial charge in [0.2, 0.25) is 0 Å². The second kappa shape index (κ2) is 10.3. The van der Waals surface area contributed by atoms with Crippen molar-refractivity contribution in [3.8, 4) is 0 Å². The summed E-state index contributed by atoms with van der Waals surface area (Å²) in [5.74, 6) is -7.03. The molecule has 0 aliphatic heterocycles. The van der Waals surface area contributed by atoms with Gasteiger partial charge in [-0.05, 0) is 37.3 Å². The number of hydrogen-bond donors (Lipinski definition) is 2. The molecule has 4 rings (SSSR count). The second-order valence-corrected chi connectivity index (χ2v) is 8.40. The van der Waals surface area contributed by atoms with E-state index in [1.165, 1.54) is 43.3 Å². The molecule has 0 saturated carbocycles. The molecular formula is C29H22O8. The Morgan fingerprint density at radius 3 is 1.68 bits per heavy atom. The Hall–Kier alpha value is -4.98. The van der Waals surface area contributed by atoms with Gasteiger partial charge < -0.3 is 19.7 Å². The van der Waals surface area contributed by atoms with Gasteiger partial charge in [-0.25, -0.2) is 14.4 Å². The molecule has 0 amide bonds. The zero-order valence-electron chi connectivity index (χ0n) is 19.7. The van der Waals surface area contributed by atoms with Gasteiger partial charge in [0.1, 0.15) is 5.92 Å². The predicted molar refractivity (Wildman–Crippen MR) is 132 cm³/mol. The van der Waals surface area contributed by atoms with E-state index in [-0.39, 0.29) is 16.7 Å². The Morgan fingerprint density at radius 1 is 0.730 bits per heavy atom. The Balaban J connectivity index is 1.87. The van der Waals surface area contributed by atoms with Crippen LogP contribution in [-0.4, -0.2) is 39.5 Å². The molecular weight excluding hydrogens is 476 g/mol. The molecule has 0 spiro atoms. The van der Waals surface area contributed by atoms with Crippen LogP contribution in [0.25, 0.3) is 0 Å². The van der Waals surface area contributed by atoms with Gasteiger partial charge in [-0.1, -0.05) is 66.7 Å². The zero-order chi connectivity index (χ0) is 26.6. The quantitative estimate of drug-likeness (QED) is 0.353. The number of carboxylic acid groups (broad SMARTS) is 1. The summed E-state index contributed by atoms with van der Waals surface area (Å²) in [7, 11) is 0. The van der Waals surface area contributed by atoms with E-state index in [1.54, 1.807) is 54.6 Å². The van der Waals surface area contributed by atoms with Gasteiger partial charge in [0.05, 0.1) is 16.7 Å². The van der Waals surface area contributed by atoms with Crippen molar-refractivity contribution in [2.75, 3.05) is 0 Å². The van der Waals surface area contributed by atoms with Gasteiger partial charge in [0, 0.05) is 5.56 Å². The molecule has 0 aromatic heterocycles. The minimum atomic E-state index is -2.21. The fourth-order valence-corrected chi connectivity index (χ4v) is 4.13. The number of benzene rings is 3. The van der Waals surface area contributed by atoms with Crippen LogP contribution in [0, 0.1) is 5.92 Å². The summed E-state index contributed by atoms with van der Waals surface area (Å²) in [6, 6.07) is 23.5. The molecule has 8 heteroatoms. The lowest BCUT2D eigenvalue weighted by Gasteiger charge is -2.39. The number of carbonyl (C=O) groups excluding carboxylic acids is 3. The van der Waals surface area contributed by atoms with Crippen molar-refractivity contribution in [2.24, 2.45) is 5.92 Å². The molecule has 0 saturated heterocycles. The Morgan fingerprint density at radius 2 is 1.19 bits per heavy atom. The highest BCUT2D eigenvalue weighted by molar-refractivity contribution is 6.07. The molecule has 1 aliphatic rings. The number of allylic oxidation sites excluding steroid dienone is 1. The predicted octanol–water partition coefficient (Wildman–Crippen LogP) is 4.75. The summed E-state index contributed by atoms with van der Waals surface area (Å²) in [6.45, 7) is 1.24. The average molecular weight is 498 g/mol. The van der Waals surface area contributed by atoms with Crippen LogP contribution in [0.4, 0.5) is 0 Å². The van der Waals surface area contributed by atoms with Crippen molar-refractivity contribution in [1.29, 1.82) is 0 Å². The number of Topliss-reactive ketones (excluding diaryl/α,β-unsaturated/α-hetero) is 1. The van der Waals surface area contributed by atoms with E-state index in [4.69, 9.17) is 9.47 Å². The van der Waals surface area contributed by atoms with Crippen LogP contribution in [0.5, 0.6) is 0 Å². The number of hydrogen-bond acceptors (Lipinski definition) is 7. The maximum absolute atomic E-state index is 13.7. The van der Waals surface area contributed by atoms with E-state index in [1.807, 2.05) is 0 Å². The fraction of sp³-hybridized carbons (Fsp3) is 0.103. The lowest BCUT2D eigenvalue weighted by molar-refractivity contribution is -0.134. The van der Waals surface area contributed by atoms with Crippen LogP contribution in [-0.2, 0) is 14.3 Å². The molecule has 1 aliphatic carbocycles. The van der Waals surface area contributed by atoms with Crippen molar-refractivity contribution in [3.05, 3.63) is 131 Å². The fourth-order valence-electron chi connectivity index (χ4n) is 4.13. The Kier molecular flexibility index (Phi) is 7.01. The molecule has 0 radical (unpaired) electrons. The third kappa shape index (κ3) is 5.04. The Bertz CT molecular complexity index is 1410. The first-order chi connectivity index (χ1) is 17.7. The number of rotatable bonds is 7. The van der Waals surface area contributed by atoms with E-state index in [0.717, 1.165) is 6.08 Å². The molecule has 186 valence electrons. The molecule has 0 heterocycles. The summed E-state index contributed by atoms with van der Waals surface area (Å²) in [5.41, 5.74) is -2.38. The van der Waals surface area contributed by atoms with Crippen molar-refractivity contribution in [1.82, 2.24) is 0 Å². The van der Waals surface area contributed by atoms with E-state index in [9.17, 15) is 29.4 Å². The first-order valence-electron chi connectivity index (χ1n) is 11.3. The maximum Gasteiger partial charge on any atom is 0.343 e. The molecule has 0 fully saturated rings. The van der Waals surface area contributed by atoms with Crippen LogP contribution < -0.4 is 0 Å². The van der Waals surface area contributed by atoms with E-state index in [2.05, 4.69) is 0 Å². The highest BCUT2D eigenvalue weighted by Gasteiger charge is 2.55. The van der Waals surface area contributed by atoms with Gasteiger partial charge in [-0.2, -0.15) is 0 Å². The lowest BCUT2D eigenvalue weighted by Crippen LogP contribution is -2.50. The normalized spacial score (nSPS) is 18.9. The number of carbonyl (C=O) groups is 4. The first-order valence-corrected chi connectivity index (χ1v) is 11.3. The lowest BCUT2D eigenvalue weighted by atomic mass is 9.73. The molecule has 3 aromatic rings. The number of aliphatic hydroxyl groups is 1. The molecule has 37 heavy (non-hydrogen) atoms. The van der Waals surface area contributed by atoms with E-state index in [0.29, 0.717) is 0 Å². The van der Waals surface area contributed by atoms with Gasteiger partial charge in [-0.15, -0.1) is 0 Å². The number of carboxylic acids is 1. The smallest absolute Gasteiger partial charge is 0.343 e. The highest BCUT2D eigenvalue weighted by Crippen LogP contribution is 2.43. The molecule has 8 nitrogen and oxygen atoms in total. The van der Waals surface area contributed by atoms with Gasteiger partial charge in [-0.3, -0.25) is 4.79 Å². The number of aliphatic hydroxyl groups excluding tert-OH is 1. The number of ketones is 1. The van der Waals surface area contributed by atoms with E-state index >= 15 is 0 Å². The van der Waals surface area contributed by atoms with Crippen LogP contribution >= 0.6 is 0 Å². The first kappa shape index (κ1) is 25.1. The summed E-state index contributed by atoms with van der Waals surface area (Å²) < 4.78 is 11.3. The van der Waals surface area contributed by atoms with Crippen molar-refractivity contribution < 1.29 is 38.9 Å². The van der Waals surface area contributed by atoms with Gasteiger partial charge >= 0.3 is 17.9 Å². The average Bonchev–Trinajstić information content (AvgIpc) is 2.91. The van der Waals surface area contributed by atoms with Crippen molar-refractivity contribution in [3.63, 3.8) is 0 Å². The minimum Gasteiger partial charge on any atom is -0.504 e. The summed E-state index contributed by atoms with van der Waals surface area (Å²) in [4.78, 5) is 52.0. The van der Waals surface area contributed by atoms with Crippen molar-refractivity contribution >= 4 is 23.7 Å². The number of aliphatic carboxylic acids is 1. The second-order valence-electron chi connectivity index (χ2n) is 8.40. The monoisotopic (exact) mass is 498 g/mol. The van der Waals surface area contributed by atoms with Gasteiger partial charge in [0.15, 0.2) is 22.9 Å². The summed E-state index contributed by atoms with van der Waals surface area (Å²) >= 11 is 0. The van der Waals surface area contributed by atoms with Crippen LogP contribution in [0.3, 0.4) is 0 Å². The number of esters is 2. The van der Waals surface area contributed by atoms with Crippen LogP contribution in [0.2, 0.25) is 0 Å². The van der Waals surface area contributed by atoms with Crippen LogP contribution in [0.15, 0.2) is 114 Å². The summed E-state index contributed by atoms with van der Waals surface area (Å²) in [6.07, 6.45) is 0.833. The highest BCUT2D eigenvalue weighted by atomic mass is 16.6. The SMILES string of the molecule is CC1(OC(=O)c2ccccc2)C(OC(=O)c2ccccc2)=C(O)C=C(C(=O)O)C1C(=O)c1ccccc1. The molecule has 2 atom stereocenters. The Labute approximate surface area is 212 Å². The van der Waals surface area contributed by atoms with Crippen LogP contribution in [0.1, 0.15) is 38.0 Å². The third-order valence-corrected chi connectivity index (χ3v) is 5.92. The van der Waals surface area contributed by atoms with Crippen molar-refractivity contribution in [2.45, 2.75) is 12.5 Å². The minimum absolute atomic E-state index is 0.106. The molecule has 2 unspecified atom stereocenters. The molecule has 0 bridgehead atoms. The third-order valence-electron chi connectivity index (χ3n) is 5.92. The number of ether oxygens (including phenoxy) is 2. The standard InChI is InChI=1S/C29H22O8/c1-29(37-28(35)20-15-9-4-10-16-20)23(24(31)18-11-5-2-6-12-18)21(26(32)33)17-22(30)25(29)36-27(34)19-13-7-3-8-14-19/h2-17,23,30H,1H3,(H,32,33). The topological polar surface area (TPSA) is 127 Å². The zero-order valence-corrected chi connectivity index (χ0v) is 19.7. The summed E-state index contributed by atoms with van der Waals surface area (Å²) in [5, 5.41) is 20.8. The molecule has 2 N–H and O–H groups in total. The van der Waals surface area contributed by atoms with E-state index < -0.39 is 52.3 Å². The van der Waals surface area contributed by atoms with Gasteiger partial charge in [0.25, 0.3) is 0 Å². The largest absolute Gasteiger partial charge is 0.504 e. The molecule has 3 aromatic carbocycles.